The Kier molecular flexibility index (Phi) is 7.44. The Labute approximate surface area is 189 Å². The van der Waals surface area contributed by atoms with E-state index in [0.29, 0.717) is 5.69 Å². The van der Waals surface area contributed by atoms with Crippen LogP contribution in [0.15, 0.2) is 42.6 Å². The van der Waals surface area contributed by atoms with Crippen molar-refractivity contribution in [3.05, 3.63) is 53.9 Å². The molecule has 1 saturated heterocycles. The second kappa shape index (κ2) is 10.4. The number of ether oxygens (including phenoxy) is 1. The minimum Gasteiger partial charge on any atom is -0.444 e. The summed E-state index contributed by atoms with van der Waals surface area (Å²) in [5.41, 5.74) is 6.37. The Morgan fingerprint density at radius 3 is 2.61 bits per heavy atom. The fourth-order valence-corrected chi connectivity index (χ4v) is 3.42. The molecular weight excluding hydrogens is 430 g/mol. The Bertz CT molecular complexity index is 1060. The largest absolute Gasteiger partial charge is 0.444 e. The molecule has 4 N–H and O–H groups in total. The number of aromatic nitrogens is 1. The van der Waals surface area contributed by atoms with Crippen LogP contribution < -0.4 is 16.4 Å². The SMILES string of the molecule is Cn1cc(NC(=O)C2CCC(=O)N2C(=O)OCc2ccccc2)cc1C(=O)NCCC(N)=O. The van der Waals surface area contributed by atoms with Crippen LogP contribution >= 0.6 is 0 Å². The average molecular weight is 455 g/mol. The topological polar surface area (TPSA) is 153 Å². The summed E-state index contributed by atoms with van der Waals surface area (Å²) in [6.45, 7) is 0.0655. The van der Waals surface area contributed by atoms with Crippen molar-refractivity contribution >= 4 is 35.4 Å². The summed E-state index contributed by atoms with van der Waals surface area (Å²) in [6, 6.07) is 9.41. The highest BCUT2D eigenvalue weighted by Crippen LogP contribution is 2.23. The van der Waals surface area contributed by atoms with Crippen LogP contribution in [0.2, 0.25) is 0 Å². The first-order chi connectivity index (χ1) is 15.8. The van der Waals surface area contributed by atoms with Gasteiger partial charge in [0.25, 0.3) is 5.91 Å². The summed E-state index contributed by atoms with van der Waals surface area (Å²) >= 11 is 0. The molecule has 2 heterocycles. The first kappa shape index (κ1) is 23.5. The Morgan fingerprint density at radius 2 is 1.91 bits per heavy atom. The maximum absolute atomic E-state index is 12.8. The van der Waals surface area contributed by atoms with Crippen molar-refractivity contribution in [2.45, 2.75) is 31.9 Å². The van der Waals surface area contributed by atoms with Gasteiger partial charge in [-0.1, -0.05) is 30.3 Å². The molecule has 1 aliphatic rings. The highest BCUT2D eigenvalue weighted by molar-refractivity contribution is 6.05. The van der Waals surface area contributed by atoms with E-state index in [1.165, 1.54) is 16.8 Å². The van der Waals surface area contributed by atoms with Gasteiger partial charge in [0, 0.05) is 32.6 Å². The number of nitrogens with zero attached hydrogens (tertiary/aromatic N) is 2. The second-order valence-corrected chi connectivity index (χ2v) is 7.54. The van der Waals surface area contributed by atoms with Crippen LogP contribution in [0.4, 0.5) is 10.5 Å². The van der Waals surface area contributed by atoms with E-state index in [4.69, 9.17) is 10.5 Å². The van der Waals surface area contributed by atoms with Gasteiger partial charge in [-0.05, 0) is 18.1 Å². The highest BCUT2D eigenvalue weighted by atomic mass is 16.6. The molecule has 1 unspecified atom stereocenters. The zero-order valence-corrected chi connectivity index (χ0v) is 18.1. The van der Waals surface area contributed by atoms with Crippen molar-refractivity contribution in [3.63, 3.8) is 0 Å². The van der Waals surface area contributed by atoms with Crippen LogP contribution in [-0.2, 0) is 32.8 Å². The normalized spacial score (nSPS) is 15.2. The Hall–Kier alpha value is -4.15. The summed E-state index contributed by atoms with van der Waals surface area (Å²) < 4.78 is 6.72. The van der Waals surface area contributed by atoms with Crippen LogP contribution in [0.3, 0.4) is 0 Å². The Morgan fingerprint density at radius 1 is 1.18 bits per heavy atom. The maximum Gasteiger partial charge on any atom is 0.417 e. The smallest absolute Gasteiger partial charge is 0.417 e. The van der Waals surface area contributed by atoms with Crippen molar-refractivity contribution < 1.29 is 28.7 Å². The van der Waals surface area contributed by atoms with Crippen molar-refractivity contribution in [2.75, 3.05) is 11.9 Å². The third-order valence-corrected chi connectivity index (χ3v) is 5.08. The van der Waals surface area contributed by atoms with Gasteiger partial charge in [0.15, 0.2) is 0 Å². The molecule has 174 valence electrons. The van der Waals surface area contributed by atoms with Crippen molar-refractivity contribution in [3.8, 4) is 0 Å². The fraction of sp³-hybridized carbons (Fsp3) is 0.318. The number of amides is 5. The third kappa shape index (κ3) is 5.97. The molecule has 1 aromatic carbocycles. The molecule has 11 nitrogen and oxygen atoms in total. The van der Waals surface area contributed by atoms with Gasteiger partial charge in [0.05, 0.1) is 5.69 Å². The number of hydrogen-bond acceptors (Lipinski definition) is 6. The van der Waals surface area contributed by atoms with Crippen molar-refractivity contribution in [1.29, 1.82) is 0 Å². The number of imide groups is 1. The summed E-state index contributed by atoms with van der Waals surface area (Å²) in [7, 11) is 1.62. The quantitative estimate of drug-likeness (QED) is 0.538. The summed E-state index contributed by atoms with van der Waals surface area (Å²) in [5, 5.41) is 5.20. The number of benzene rings is 1. The molecule has 0 spiro atoms. The number of nitrogens with one attached hydrogen (secondary N) is 2. The van der Waals surface area contributed by atoms with Gasteiger partial charge < -0.3 is 25.7 Å². The third-order valence-electron chi connectivity index (χ3n) is 5.08. The molecule has 5 amide bonds. The molecule has 1 atom stereocenters. The lowest BCUT2D eigenvalue weighted by molar-refractivity contribution is -0.131. The number of hydrogen-bond donors (Lipinski definition) is 3. The Balaban J connectivity index is 1.61. The predicted molar refractivity (Wildman–Crippen MR) is 117 cm³/mol. The molecule has 2 aromatic rings. The van der Waals surface area contributed by atoms with Gasteiger partial charge in [-0.3, -0.25) is 19.2 Å². The summed E-state index contributed by atoms with van der Waals surface area (Å²) in [4.78, 5) is 61.5. The van der Waals surface area contributed by atoms with Crippen molar-refractivity contribution in [1.82, 2.24) is 14.8 Å². The van der Waals surface area contributed by atoms with Gasteiger partial charge in [0.2, 0.25) is 17.7 Å². The predicted octanol–water partition coefficient (Wildman–Crippen LogP) is 0.897. The molecular formula is C22H25N5O6. The number of primary amides is 1. The maximum atomic E-state index is 12.8. The van der Waals surface area contributed by atoms with Crippen LogP contribution in [0.1, 0.15) is 35.3 Å². The van der Waals surface area contributed by atoms with Gasteiger partial charge >= 0.3 is 6.09 Å². The first-order valence-electron chi connectivity index (χ1n) is 10.3. The van der Waals surface area contributed by atoms with E-state index in [1.54, 1.807) is 31.3 Å². The molecule has 33 heavy (non-hydrogen) atoms. The molecule has 1 aromatic heterocycles. The molecule has 0 aliphatic carbocycles. The van der Waals surface area contributed by atoms with Gasteiger partial charge in [-0.25, -0.2) is 9.69 Å². The molecule has 1 fully saturated rings. The molecule has 1 aliphatic heterocycles. The van der Waals surface area contributed by atoms with Crippen LogP contribution in [0.25, 0.3) is 0 Å². The number of likely N-dealkylation sites (tertiary alicyclic amines) is 1. The lowest BCUT2D eigenvalue weighted by Gasteiger charge is -2.21. The van der Waals surface area contributed by atoms with Crippen LogP contribution in [0, 0.1) is 0 Å². The molecule has 11 heteroatoms. The van der Waals surface area contributed by atoms with E-state index < -0.39 is 35.8 Å². The number of aryl methyl sites for hydroxylation is 1. The number of carbonyl (C=O) groups is 5. The zero-order valence-electron chi connectivity index (χ0n) is 18.1. The van der Waals surface area contributed by atoms with E-state index in [2.05, 4.69) is 10.6 Å². The molecule has 3 rings (SSSR count). The summed E-state index contributed by atoms with van der Waals surface area (Å²) in [6.07, 6.45) is 0.852. The van der Waals surface area contributed by atoms with Gasteiger partial charge in [-0.2, -0.15) is 0 Å². The average Bonchev–Trinajstić information content (AvgIpc) is 3.34. The lowest BCUT2D eigenvalue weighted by Crippen LogP contribution is -2.45. The number of anilines is 1. The second-order valence-electron chi connectivity index (χ2n) is 7.54. The zero-order chi connectivity index (χ0) is 24.0. The minimum atomic E-state index is -1.02. The molecule has 0 saturated carbocycles. The van der Waals surface area contributed by atoms with E-state index in [1.807, 2.05) is 6.07 Å². The van der Waals surface area contributed by atoms with E-state index >= 15 is 0 Å². The first-order valence-corrected chi connectivity index (χ1v) is 10.3. The number of rotatable bonds is 8. The van der Waals surface area contributed by atoms with E-state index in [0.717, 1.165) is 10.5 Å². The van der Waals surface area contributed by atoms with Gasteiger partial charge in [-0.15, -0.1) is 0 Å². The highest BCUT2D eigenvalue weighted by Gasteiger charge is 2.41. The van der Waals surface area contributed by atoms with Crippen molar-refractivity contribution in [2.24, 2.45) is 12.8 Å². The van der Waals surface area contributed by atoms with Crippen LogP contribution in [0.5, 0.6) is 0 Å². The van der Waals surface area contributed by atoms with Gasteiger partial charge in [0.1, 0.15) is 18.3 Å². The number of carbonyl (C=O) groups excluding carboxylic acids is 5. The van der Waals surface area contributed by atoms with Crippen LogP contribution in [-0.4, -0.2) is 51.8 Å². The standard InChI is InChI=1S/C22H25N5O6/c1-26-12-15(11-17(26)20(30)24-10-9-18(23)28)25-21(31)16-7-8-19(29)27(16)22(32)33-13-14-5-3-2-4-6-14/h2-6,11-12,16H,7-10,13H2,1H3,(H2,23,28)(H,24,30)(H,25,31). The minimum absolute atomic E-state index is 0.00563. The fourth-order valence-electron chi connectivity index (χ4n) is 3.42. The summed E-state index contributed by atoms with van der Waals surface area (Å²) in [5.74, 6) is -2.03. The molecule has 0 radical (unpaired) electrons. The number of nitrogens with two attached hydrogens (primary N) is 1. The molecule has 0 bridgehead atoms. The van der Waals surface area contributed by atoms with E-state index in [-0.39, 0.29) is 38.1 Å². The van der Waals surface area contributed by atoms with E-state index in [9.17, 15) is 24.0 Å². The monoisotopic (exact) mass is 455 g/mol. The lowest BCUT2D eigenvalue weighted by atomic mass is 10.2.